The molecule has 0 saturated carbocycles. The summed E-state index contributed by atoms with van der Waals surface area (Å²) in [6, 6.07) is 11.8. The summed E-state index contributed by atoms with van der Waals surface area (Å²) in [6.07, 6.45) is 0. The van der Waals surface area contributed by atoms with Crippen LogP contribution in [-0.4, -0.2) is 0 Å². The molecule has 1 aliphatic rings. The van der Waals surface area contributed by atoms with Gasteiger partial charge in [0.2, 0.25) is 0 Å². The molecule has 0 unspecified atom stereocenters. The van der Waals surface area contributed by atoms with Crippen molar-refractivity contribution in [3.8, 4) is 23.0 Å². The average molecular weight is 436 g/mol. The van der Waals surface area contributed by atoms with E-state index in [0.29, 0.717) is 0 Å². The fourth-order valence-electron chi connectivity index (χ4n) is 1.54. The summed E-state index contributed by atoms with van der Waals surface area (Å²) in [5.41, 5.74) is 0. The van der Waals surface area contributed by atoms with E-state index in [9.17, 15) is 0 Å². The van der Waals surface area contributed by atoms with Crippen molar-refractivity contribution in [2.45, 2.75) is 0 Å². The third-order valence-electron chi connectivity index (χ3n) is 2.29. The molecule has 0 fully saturated rings. The molecule has 0 aliphatic carbocycles. The SMILES string of the molecule is Ic1ccc(I)c2c1Oc1ccccc1O2. The van der Waals surface area contributed by atoms with Crippen LogP contribution in [0.3, 0.4) is 0 Å². The van der Waals surface area contributed by atoms with Crippen LogP contribution >= 0.6 is 45.2 Å². The van der Waals surface area contributed by atoms with E-state index in [4.69, 9.17) is 9.47 Å². The van der Waals surface area contributed by atoms with Gasteiger partial charge in [-0.3, -0.25) is 0 Å². The normalized spacial score (nSPS) is 12.1. The molecular weight excluding hydrogens is 430 g/mol. The highest BCUT2D eigenvalue weighted by atomic mass is 127. The molecule has 0 amide bonds. The molecule has 0 N–H and O–H groups in total. The van der Waals surface area contributed by atoms with Gasteiger partial charge in [0.1, 0.15) is 0 Å². The molecule has 16 heavy (non-hydrogen) atoms. The number of benzene rings is 2. The van der Waals surface area contributed by atoms with Crippen molar-refractivity contribution in [1.82, 2.24) is 0 Å². The highest BCUT2D eigenvalue weighted by molar-refractivity contribution is 14.1. The maximum absolute atomic E-state index is 5.85. The van der Waals surface area contributed by atoms with E-state index in [1.54, 1.807) is 0 Å². The van der Waals surface area contributed by atoms with Gasteiger partial charge in [-0.15, -0.1) is 0 Å². The Morgan fingerprint density at radius 1 is 0.688 bits per heavy atom. The molecular formula is C12H6I2O2. The summed E-state index contributed by atoms with van der Waals surface area (Å²) < 4.78 is 13.8. The standard InChI is InChI=1S/C12H6I2O2/c13-7-5-6-8(14)12-11(7)15-9-3-1-2-4-10(9)16-12/h1-6H. The number of hydrogen-bond acceptors (Lipinski definition) is 2. The molecule has 0 radical (unpaired) electrons. The quantitative estimate of drug-likeness (QED) is 0.472. The molecule has 4 heteroatoms. The summed E-state index contributed by atoms with van der Waals surface area (Å²) in [5.74, 6) is 3.17. The van der Waals surface area contributed by atoms with E-state index in [2.05, 4.69) is 45.2 Å². The number of ether oxygens (including phenoxy) is 2. The molecule has 80 valence electrons. The minimum atomic E-state index is 0.773. The van der Waals surface area contributed by atoms with Crippen molar-refractivity contribution in [3.63, 3.8) is 0 Å². The number of para-hydroxylation sites is 2. The van der Waals surface area contributed by atoms with Gasteiger partial charge in [0.25, 0.3) is 0 Å². The summed E-state index contributed by atoms with van der Waals surface area (Å²) in [6.45, 7) is 0. The van der Waals surface area contributed by atoms with Crippen LogP contribution in [0.15, 0.2) is 36.4 Å². The van der Waals surface area contributed by atoms with Crippen molar-refractivity contribution in [3.05, 3.63) is 43.5 Å². The Morgan fingerprint density at radius 3 is 1.56 bits per heavy atom. The second kappa shape index (κ2) is 4.06. The van der Waals surface area contributed by atoms with Crippen LogP contribution in [0.2, 0.25) is 0 Å². The molecule has 0 aromatic heterocycles. The number of rotatable bonds is 0. The van der Waals surface area contributed by atoms with Gasteiger partial charge in [0.15, 0.2) is 23.0 Å². The fraction of sp³-hybridized carbons (Fsp3) is 0. The maximum Gasteiger partial charge on any atom is 0.184 e. The Kier molecular flexibility index (Phi) is 2.70. The predicted octanol–water partition coefficient (Wildman–Crippen LogP) is 4.79. The van der Waals surface area contributed by atoms with Gasteiger partial charge in [-0.1, -0.05) is 12.1 Å². The first-order valence-electron chi connectivity index (χ1n) is 4.68. The van der Waals surface area contributed by atoms with Crippen LogP contribution in [0.5, 0.6) is 23.0 Å². The highest BCUT2D eigenvalue weighted by Crippen LogP contribution is 2.48. The van der Waals surface area contributed by atoms with Gasteiger partial charge in [0, 0.05) is 0 Å². The molecule has 1 heterocycles. The Morgan fingerprint density at radius 2 is 1.12 bits per heavy atom. The Hall–Kier alpha value is -0.500. The second-order valence-corrected chi connectivity index (χ2v) is 5.66. The summed E-state index contributed by atoms with van der Waals surface area (Å²) in [7, 11) is 0. The first-order chi connectivity index (χ1) is 7.75. The number of halogens is 2. The molecule has 0 spiro atoms. The zero-order chi connectivity index (χ0) is 11.1. The van der Waals surface area contributed by atoms with Crippen LogP contribution in [0.1, 0.15) is 0 Å². The molecule has 3 rings (SSSR count). The van der Waals surface area contributed by atoms with Gasteiger partial charge in [0.05, 0.1) is 7.14 Å². The van der Waals surface area contributed by atoms with E-state index < -0.39 is 0 Å². The number of hydrogen-bond donors (Lipinski definition) is 0. The average Bonchev–Trinajstić information content (AvgIpc) is 2.32. The summed E-state index contributed by atoms with van der Waals surface area (Å²) >= 11 is 4.50. The zero-order valence-corrected chi connectivity index (χ0v) is 12.4. The van der Waals surface area contributed by atoms with E-state index >= 15 is 0 Å². The van der Waals surface area contributed by atoms with E-state index in [0.717, 1.165) is 30.1 Å². The van der Waals surface area contributed by atoms with Crippen molar-refractivity contribution in [2.24, 2.45) is 0 Å². The van der Waals surface area contributed by atoms with Gasteiger partial charge >= 0.3 is 0 Å². The van der Waals surface area contributed by atoms with Crippen LogP contribution in [0.4, 0.5) is 0 Å². The smallest absolute Gasteiger partial charge is 0.184 e. The largest absolute Gasteiger partial charge is 0.448 e. The molecule has 0 bridgehead atoms. The van der Waals surface area contributed by atoms with Crippen LogP contribution < -0.4 is 9.47 Å². The van der Waals surface area contributed by atoms with E-state index in [1.807, 2.05) is 36.4 Å². The first-order valence-corrected chi connectivity index (χ1v) is 6.84. The van der Waals surface area contributed by atoms with Gasteiger partial charge in [-0.2, -0.15) is 0 Å². The van der Waals surface area contributed by atoms with Crippen molar-refractivity contribution in [1.29, 1.82) is 0 Å². The molecule has 0 saturated heterocycles. The lowest BCUT2D eigenvalue weighted by molar-refractivity contribution is 0.355. The lowest BCUT2D eigenvalue weighted by Crippen LogP contribution is -2.01. The maximum atomic E-state index is 5.85. The lowest BCUT2D eigenvalue weighted by atomic mass is 10.2. The van der Waals surface area contributed by atoms with Gasteiger partial charge in [-0.25, -0.2) is 0 Å². The minimum absolute atomic E-state index is 0.773. The Bertz CT molecular complexity index is 517. The number of fused-ring (bicyclic) bond motifs is 2. The first kappa shape index (κ1) is 10.6. The van der Waals surface area contributed by atoms with Crippen molar-refractivity contribution < 1.29 is 9.47 Å². The third kappa shape index (κ3) is 1.67. The Balaban J connectivity index is 2.19. The fourth-order valence-corrected chi connectivity index (χ4v) is 2.61. The van der Waals surface area contributed by atoms with Crippen LogP contribution in [0, 0.1) is 7.14 Å². The van der Waals surface area contributed by atoms with Crippen LogP contribution in [0.25, 0.3) is 0 Å². The van der Waals surface area contributed by atoms with Crippen molar-refractivity contribution >= 4 is 45.2 Å². The summed E-state index contributed by atoms with van der Waals surface area (Å²) in [5, 5.41) is 0. The van der Waals surface area contributed by atoms with E-state index in [1.165, 1.54) is 0 Å². The molecule has 0 atom stereocenters. The molecule has 2 nitrogen and oxygen atoms in total. The minimum Gasteiger partial charge on any atom is -0.448 e. The monoisotopic (exact) mass is 436 g/mol. The molecule has 1 aliphatic heterocycles. The lowest BCUT2D eigenvalue weighted by Gasteiger charge is -2.22. The van der Waals surface area contributed by atoms with E-state index in [-0.39, 0.29) is 0 Å². The predicted molar refractivity (Wildman–Crippen MR) is 78.5 cm³/mol. The summed E-state index contributed by atoms with van der Waals surface area (Å²) in [4.78, 5) is 0. The van der Waals surface area contributed by atoms with Crippen LogP contribution in [-0.2, 0) is 0 Å². The second-order valence-electron chi connectivity index (χ2n) is 3.34. The van der Waals surface area contributed by atoms with Gasteiger partial charge in [-0.05, 0) is 69.4 Å². The zero-order valence-electron chi connectivity index (χ0n) is 8.04. The Labute approximate surface area is 120 Å². The van der Waals surface area contributed by atoms with Crippen molar-refractivity contribution in [2.75, 3.05) is 0 Å². The highest BCUT2D eigenvalue weighted by Gasteiger charge is 2.22. The molecule has 2 aromatic carbocycles. The van der Waals surface area contributed by atoms with Gasteiger partial charge < -0.3 is 9.47 Å². The molecule has 2 aromatic rings. The topological polar surface area (TPSA) is 18.5 Å². The third-order valence-corrected chi connectivity index (χ3v) is 3.99.